The minimum atomic E-state index is -0.127. The summed E-state index contributed by atoms with van der Waals surface area (Å²) in [6.07, 6.45) is 4.44. The third-order valence-electron chi connectivity index (χ3n) is 5.16. The third kappa shape index (κ3) is 5.67. The van der Waals surface area contributed by atoms with Crippen LogP contribution in [0.3, 0.4) is 0 Å². The van der Waals surface area contributed by atoms with Crippen molar-refractivity contribution < 1.29 is 9.59 Å². The predicted molar refractivity (Wildman–Crippen MR) is 112 cm³/mol. The van der Waals surface area contributed by atoms with E-state index in [2.05, 4.69) is 39.8 Å². The minimum absolute atomic E-state index is 0.0342. The average molecular weight is 380 g/mol. The van der Waals surface area contributed by atoms with Gasteiger partial charge in [-0.05, 0) is 56.5 Å². The summed E-state index contributed by atoms with van der Waals surface area (Å²) in [6.45, 7) is 3.79. The van der Waals surface area contributed by atoms with Crippen LogP contribution >= 0.6 is 0 Å². The third-order valence-corrected chi connectivity index (χ3v) is 5.16. The Balaban J connectivity index is 1.60. The van der Waals surface area contributed by atoms with Gasteiger partial charge in [0, 0.05) is 23.8 Å². The molecule has 0 aromatic heterocycles. The van der Waals surface area contributed by atoms with Gasteiger partial charge in [-0.15, -0.1) is 0 Å². The monoisotopic (exact) mass is 379 g/mol. The molecule has 2 amide bonds. The number of nitrogens with one attached hydrogen (secondary N) is 2. The van der Waals surface area contributed by atoms with Crippen molar-refractivity contribution in [2.45, 2.75) is 38.6 Å². The van der Waals surface area contributed by atoms with Crippen LogP contribution in [0, 0.1) is 0 Å². The number of likely N-dealkylation sites (tertiary alicyclic amines) is 1. The van der Waals surface area contributed by atoms with E-state index in [1.165, 1.54) is 12.0 Å². The molecule has 28 heavy (non-hydrogen) atoms. The second-order valence-electron chi connectivity index (χ2n) is 7.30. The van der Waals surface area contributed by atoms with Gasteiger partial charge in [-0.2, -0.15) is 0 Å². The minimum Gasteiger partial charge on any atom is -0.352 e. The van der Waals surface area contributed by atoms with E-state index in [0.717, 1.165) is 25.8 Å². The van der Waals surface area contributed by atoms with E-state index in [1.807, 2.05) is 19.1 Å². The largest absolute Gasteiger partial charge is 0.352 e. The van der Waals surface area contributed by atoms with E-state index in [4.69, 9.17) is 0 Å². The first kappa shape index (κ1) is 20.1. The van der Waals surface area contributed by atoms with Gasteiger partial charge >= 0.3 is 0 Å². The lowest BCUT2D eigenvalue weighted by molar-refractivity contribution is -0.118. The predicted octanol–water partition coefficient (Wildman–Crippen LogP) is 3.47. The average Bonchev–Trinajstić information content (AvgIpc) is 2.70. The van der Waals surface area contributed by atoms with Crippen LogP contribution in [0.4, 0.5) is 5.69 Å². The molecule has 0 aliphatic carbocycles. The Labute approximate surface area is 167 Å². The van der Waals surface area contributed by atoms with E-state index in [1.54, 1.807) is 18.2 Å². The van der Waals surface area contributed by atoms with Crippen LogP contribution in [0.25, 0.3) is 0 Å². The van der Waals surface area contributed by atoms with Crippen molar-refractivity contribution in [2.75, 3.05) is 25.0 Å². The summed E-state index contributed by atoms with van der Waals surface area (Å²) in [5, 5.41) is 5.73. The van der Waals surface area contributed by atoms with Crippen LogP contribution in [0.5, 0.6) is 0 Å². The zero-order valence-corrected chi connectivity index (χ0v) is 16.5. The SMILES string of the molecule is CCNC(=O)c1cccc(NC(=O)CN2CCCCC2Cc2ccccc2)c1. The van der Waals surface area contributed by atoms with E-state index in [0.29, 0.717) is 30.4 Å². The van der Waals surface area contributed by atoms with E-state index < -0.39 is 0 Å². The van der Waals surface area contributed by atoms with Crippen LogP contribution < -0.4 is 10.6 Å². The summed E-state index contributed by atoms with van der Waals surface area (Å²) < 4.78 is 0. The summed E-state index contributed by atoms with van der Waals surface area (Å²) in [4.78, 5) is 26.9. The molecule has 1 atom stereocenters. The molecular formula is C23H29N3O2. The number of benzene rings is 2. The smallest absolute Gasteiger partial charge is 0.251 e. The van der Waals surface area contributed by atoms with Crippen LogP contribution in [-0.4, -0.2) is 42.4 Å². The van der Waals surface area contributed by atoms with Gasteiger partial charge in [0.25, 0.3) is 5.91 Å². The first-order chi connectivity index (χ1) is 13.7. The van der Waals surface area contributed by atoms with Crippen molar-refractivity contribution in [3.05, 3.63) is 65.7 Å². The zero-order chi connectivity index (χ0) is 19.8. The molecule has 0 radical (unpaired) electrons. The molecule has 0 bridgehead atoms. The number of rotatable bonds is 7. The van der Waals surface area contributed by atoms with Gasteiger partial charge in [0.2, 0.25) is 5.91 Å². The van der Waals surface area contributed by atoms with E-state index >= 15 is 0 Å². The molecule has 2 aromatic carbocycles. The quantitative estimate of drug-likeness (QED) is 0.774. The van der Waals surface area contributed by atoms with Crippen LogP contribution in [0.2, 0.25) is 0 Å². The molecule has 0 spiro atoms. The van der Waals surface area contributed by atoms with Crippen molar-refractivity contribution in [3.63, 3.8) is 0 Å². The molecule has 2 N–H and O–H groups in total. The molecule has 3 rings (SSSR count). The lowest BCUT2D eigenvalue weighted by Gasteiger charge is -2.35. The molecule has 2 aromatic rings. The molecular weight excluding hydrogens is 350 g/mol. The van der Waals surface area contributed by atoms with Crippen molar-refractivity contribution in [1.82, 2.24) is 10.2 Å². The number of piperidine rings is 1. The maximum Gasteiger partial charge on any atom is 0.251 e. The Morgan fingerprint density at radius 1 is 1.07 bits per heavy atom. The number of nitrogens with zero attached hydrogens (tertiary/aromatic N) is 1. The molecule has 1 saturated heterocycles. The Hall–Kier alpha value is -2.66. The highest BCUT2D eigenvalue weighted by Crippen LogP contribution is 2.21. The molecule has 5 heteroatoms. The summed E-state index contributed by atoms with van der Waals surface area (Å²) >= 11 is 0. The molecule has 0 saturated carbocycles. The van der Waals surface area contributed by atoms with Crippen LogP contribution in [0.1, 0.15) is 42.1 Å². The number of carbonyl (C=O) groups is 2. The van der Waals surface area contributed by atoms with E-state index in [-0.39, 0.29) is 11.8 Å². The van der Waals surface area contributed by atoms with Crippen molar-refractivity contribution in [3.8, 4) is 0 Å². The lowest BCUT2D eigenvalue weighted by Crippen LogP contribution is -2.45. The summed E-state index contributed by atoms with van der Waals surface area (Å²) in [6, 6.07) is 17.9. The standard InChI is InChI=1S/C23H29N3O2/c1-2-24-23(28)19-11-8-12-20(16-19)25-22(27)17-26-14-7-6-13-21(26)15-18-9-4-3-5-10-18/h3-5,8-12,16,21H,2,6-7,13-15,17H2,1H3,(H,24,28)(H,25,27). The second-order valence-corrected chi connectivity index (χ2v) is 7.30. The van der Waals surface area contributed by atoms with E-state index in [9.17, 15) is 9.59 Å². The van der Waals surface area contributed by atoms with Gasteiger partial charge in [-0.1, -0.05) is 42.8 Å². The topological polar surface area (TPSA) is 61.4 Å². The lowest BCUT2D eigenvalue weighted by atomic mass is 9.95. The van der Waals surface area contributed by atoms with Gasteiger partial charge in [0.15, 0.2) is 0 Å². The number of anilines is 1. The fourth-order valence-corrected chi connectivity index (χ4v) is 3.77. The number of amides is 2. The zero-order valence-electron chi connectivity index (χ0n) is 16.5. The van der Waals surface area contributed by atoms with Crippen molar-refractivity contribution in [1.29, 1.82) is 0 Å². The molecule has 1 fully saturated rings. The first-order valence-electron chi connectivity index (χ1n) is 10.1. The second kappa shape index (κ2) is 10.0. The Morgan fingerprint density at radius 3 is 2.68 bits per heavy atom. The normalized spacial score (nSPS) is 17.1. The van der Waals surface area contributed by atoms with Gasteiger partial charge in [0.1, 0.15) is 0 Å². The maximum absolute atomic E-state index is 12.6. The number of hydrogen-bond donors (Lipinski definition) is 2. The highest BCUT2D eigenvalue weighted by atomic mass is 16.2. The van der Waals surface area contributed by atoms with Crippen LogP contribution in [-0.2, 0) is 11.2 Å². The molecule has 148 valence electrons. The van der Waals surface area contributed by atoms with Gasteiger partial charge in [-0.3, -0.25) is 14.5 Å². The molecule has 1 heterocycles. The fourth-order valence-electron chi connectivity index (χ4n) is 3.77. The number of hydrogen-bond acceptors (Lipinski definition) is 3. The van der Waals surface area contributed by atoms with Gasteiger partial charge in [0.05, 0.1) is 6.54 Å². The first-order valence-corrected chi connectivity index (χ1v) is 10.1. The Bertz CT molecular complexity index is 791. The molecule has 1 unspecified atom stereocenters. The van der Waals surface area contributed by atoms with Crippen LogP contribution in [0.15, 0.2) is 54.6 Å². The Morgan fingerprint density at radius 2 is 1.89 bits per heavy atom. The summed E-state index contributed by atoms with van der Waals surface area (Å²) in [7, 11) is 0. The fraction of sp³-hybridized carbons (Fsp3) is 0.391. The number of carbonyl (C=O) groups excluding carboxylic acids is 2. The summed E-state index contributed by atoms with van der Waals surface area (Å²) in [5.41, 5.74) is 2.53. The highest BCUT2D eigenvalue weighted by molar-refractivity contribution is 5.97. The molecule has 1 aliphatic rings. The van der Waals surface area contributed by atoms with Crippen molar-refractivity contribution in [2.24, 2.45) is 0 Å². The Kier molecular flexibility index (Phi) is 7.20. The van der Waals surface area contributed by atoms with Gasteiger partial charge in [-0.25, -0.2) is 0 Å². The molecule has 1 aliphatic heterocycles. The highest BCUT2D eigenvalue weighted by Gasteiger charge is 2.24. The maximum atomic E-state index is 12.6. The molecule has 5 nitrogen and oxygen atoms in total. The van der Waals surface area contributed by atoms with Crippen molar-refractivity contribution >= 4 is 17.5 Å². The summed E-state index contributed by atoms with van der Waals surface area (Å²) in [5.74, 6) is -0.162. The van der Waals surface area contributed by atoms with Gasteiger partial charge < -0.3 is 10.6 Å².